The molecule has 0 aliphatic carbocycles. The van der Waals surface area contributed by atoms with Crippen molar-refractivity contribution in [3.05, 3.63) is 30.1 Å². The number of nitrogen functional groups attached to an aromatic ring is 1. The third kappa shape index (κ3) is 1.98. The predicted octanol–water partition coefficient (Wildman–Crippen LogP) is 0.659. The molecule has 0 aliphatic heterocycles. The molecule has 0 unspecified atom stereocenters. The Morgan fingerprint density at radius 3 is 2.71 bits per heavy atom. The zero-order valence-corrected chi connectivity index (χ0v) is 7.34. The summed E-state index contributed by atoms with van der Waals surface area (Å²) < 4.78 is 4.93. The Hall–Kier alpha value is -2.11. The van der Waals surface area contributed by atoms with Crippen LogP contribution in [0.2, 0.25) is 0 Å². The van der Waals surface area contributed by atoms with Gasteiger partial charge in [0.2, 0.25) is 0 Å². The summed E-state index contributed by atoms with van der Waals surface area (Å²) in [6.07, 6.45) is 3.44. The molecule has 0 atom stereocenters. The summed E-state index contributed by atoms with van der Waals surface area (Å²) in [7, 11) is 0. The third-order valence-corrected chi connectivity index (χ3v) is 1.63. The van der Waals surface area contributed by atoms with Crippen LogP contribution in [0, 0.1) is 0 Å². The molecule has 6 nitrogen and oxygen atoms in total. The highest BCUT2D eigenvalue weighted by Crippen LogP contribution is 2.07. The van der Waals surface area contributed by atoms with Crippen molar-refractivity contribution in [3.8, 4) is 0 Å². The van der Waals surface area contributed by atoms with E-state index >= 15 is 0 Å². The fourth-order valence-corrected chi connectivity index (χ4v) is 0.984. The molecule has 0 aliphatic rings. The first-order chi connectivity index (χ1) is 6.84. The molecule has 0 bridgehead atoms. The van der Waals surface area contributed by atoms with Crippen molar-refractivity contribution >= 4 is 12.0 Å². The van der Waals surface area contributed by atoms with Gasteiger partial charge in [-0.3, -0.25) is 4.98 Å². The molecule has 14 heavy (non-hydrogen) atoms. The van der Waals surface area contributed by atoms with Crippen LogP contribution >= 0.6 is 0 Å². The molecule has 2 aromatic heterocycles. The van der Waals surface area contributed by atoms with E-state index in [9.17, 15) is 0 Å². The molecule has 2 rings (SSSR count). The molecule has 0 radical (unpaired) electrons. The summed E-state index contributed by atoms with van der Waals surface area (Å²) in [4.78, 5) is 3.91. The summed E-state index contributed by atoms with van der Waals surface area (Å²) in [6.45, 7) is 0.601. The van der Waals surface area contributed by atoms with E-state index in [1.807, 2.05) is 12.1 Å². The lowest BCUT2D eigenvalue weighted by Gasteiger charge is -1.99. The van der Waals surface area contributed by atoms with Gasteiger partial charge in [0.15, 0.2) is 0 Å². The van der Waals surface area contributed by atoms with Crippen LogP contribution in [-0.2, 0) is 6.54 Å². The Morgan fingerprint density at radius 2 is 2.07 bits per heavy atom. The second-order valence-electron chi connectivity index (χ2n) is 2.65. The number of hydrogen-bond donors (Lipinski definition) is 2. The van der Waals surface area contributed by atoms with E-state index in [2.05, 4.69) is 20.5 Å². The molecule has 0 fully saturated rings. The van der Waals surface area contributed by atoms with E-state index in [1.54, 1.807) is 12.4 Å². The molecule has 0 saturated carbocycles. The highest BCUT2D eigenvalue weighted by Gasteiger charge is 2.00. The quantitative estimate of drug-likeness (QED) is 0.740. The van der Waals surface area contributed by atoms with Gasteiger partial charge in [-0.15, -0.1) is 0 Å². The maximum atomic E-state index is 5.26. The monoisotopic (exact) mass is 191 g/mol. The Morgan fingerprint density at radius 1 is 1.29 bits per heavy atom. The molecule has 0 aromatic carbocycles. The second kappa shape index (κ2) is 3.73. The van der Waals surface area contributed by atoms with Gasteiger partial charge in [-0.25, -0.2) is 0 Å². The first kappa shape index (κ1) is 8.49. The van der Waals surface area contributed by atoms with Crippen molar-refractivity contribution in [2.45, 2.75) is 6.54 Å². The van der Waals surface area contributed by atoms with Gasteiger partial charge < -0.3 is 15.5 Å². The summed E-state index contributed by atoms with van der Waals surface area (Å²) in [5.41, 5.74) is 6.34. The highest BCUT2D eigenvalue weighted by atomic mass is 16.4. The summed E-state index contributed by atoms with van der Waals surface area (Å²) in [5.74, 6) is 0. The van der Waals surface area contributed by atoms with Gasteiger partial charge in [0.05, 0.1) is 0 Å². The van der Waals surface area contributed by atoms with Gasteiger partial charge in [-0.1, -0.05) is 10.2 Å². The first-order valence-corrected chi connectivity index (χ1v) is 4.06. The number of nitrogens with two attached hydrogens (primary N) is 1. The van der Waals surface area contributed by atoms with Crippen LogP contribution in [0.3, 0.4) is 0 Å². The van der Waals surface area contributed by atoms with E-state index in [1.165, 1.54) is 0 Å². The topological polar surface area (TPSA) is 89.9 Å². The largest absolute Gasteiger partial charge is 0.390 e. The van der Waals surface area contributed by atoms with Crippen LogP contribution in [0.1, 0.15) is 5.56 Å². The average Bonchev–Trinajstić information content (AvgIpc) is 2.63. The SMILES string of the molecule is Nc1nnc(NCc2ccncc2)o1. The van der Waals surface area contributed by atoms with Crippen molar-refractivity contribution in [1.29, 1.82) is 0 Å². The van der Waals surface area contributed by atoms with Crippen molar-refractivity contribution in [1.82, 2.24) is 15.2 Å². The van der Waals surface area contributed by atoms with Crippen molar-refractivity contribution < 1.29 is 4.42 Å². The zero-order chi connectivity index (χ0) is 9.80. The van der Waals surface area contributed by atoms with E-state index in [-0.39, 0.29) is 6.01 Å². The van der Waals surface area contributed by atoms with Crippen LogP contribution in [-0.4, -0.2) is 15.2 Å². The molecule has 2 aromatic rings. The molecule has 0 amide bonds. The minimum absolute atomic E-state index is 0.0576. The number of anilines is 2. The zero-order valence-electron chi connectivity index (χ0n) is 7.34. The van der Waals surface area contributed by atoms with E-state index in [0.29, 0.717) is 12.6 Å². The lowest BCUT2D eigenvalue weighted by molar-refractivity contribution is 0.586. The number of nitrogens with one attached hydrogen (secondary N) is 1. The Labute approximate surface area is 80.2 Å². The fraction of sp³-hybridized carbons (Fsp3) is 0.125. The standard InChI is InChI=1S/C8H9N5O/c9-7-12-13-8(14-7)11-5-6-1-3-10-4-2-6/h1-4H,5H2,(H2,9,12)(H,11,13). The lowest BCUT2D eigenvalue weighted by atomic mass is 10.3. The van der Waals surface area contributed by atoms with Crippen LogP contribution in [0.4, 0.5) is 12.0 Å². The Balaban J connectivity index is 1.95. The van der Waals surface area contributed by atoms with Crippen LogP contribution in [0.15, 0.2) is 28.9 Å². The summed E-state index contributed by atoms with van der Waals surface area (Å²) in [6, 6.07) is 4.17. The third-order valence-electron chi connectivity index (χ3n) is 1.63. The minimum Gasteiger partial charge on any atom is -0.390 e. The summed E-state index contributed by atoms with van der Waals surface area (Å²) in [5, 5.41) is 10.1. The summed E-state index contributed by atoms with van der Waals surface area (Å²) >= 11 is 0. The van der Waals surface area contributed by atoms with E-state index in [0.717, 1.165) is 5.56 Å². The predicted molar refractivity (Wildman–Crippen MR) is 50.3 cm³/mol. The molecule has 6 heteroatoms. The van der Waals surface area contributed by atoms with Crippen LogP contribution in [0.25, 0.3) is 0 Å². The normalized spacial score (nSPS) is 10.0. The van der Waals surface area contributed by atoms with E-state index in [4.69, 9.17) is 10.2 Å². The number of nitrogens with zero attached hydrogens (tertiary/aromatic N) is 3. The van der Waals surface area contributed by atoms with Gasteiger partial charge in [0, 0.05) is 18.9 Å². The van der Waals surface area contributed by atoms with Gasteiger partial charge in [0.25, 0.3) is 0 Å². The number of hydrogen-bond acceptors (Lipinski definition) is 6. The molecule has 2 heterocycles. The average molecular weight is 191 g/mol. The van der Waals surface area contributed by atoms with Gasteiger partial charge >= 0.3 is 12.0 Å². The lowest BCUT2D eigenvalue weighted by Crippen LogP contribution is -1.99. The number of pyridine rings is 1. The number of rotatable bonds is 3. The maximum absolute atomic E-state index is 5.26. The van der Waals surface area contributed by atoms with Crippen molar-refractivity contribution in [3.63, 3.8) is 0 Å². The van der Waals surface area contributed by atoms with Crippen LogP contribution in [0.5, 0.6) is 0 Å². The van der Waals surface area contributed by atoms with Gasteiger partial charge in [-0.2, -0.15) is 0 Å². The Kier molecular flexibility index (Phi) is 2.26. The van der Waals surface area contributed by atoms with Crippen molar-refractivity contribution in [2.75, 3.05) is 11.1 Å². The Bertz CT molecular complexity index is 399. The van der Waals surface area contributed by atoms with Crippen molar-refractivity contribution in [2.24, 2.45) is 0 Å². The molecule has 3 N–H and O–H groups in total. The molecular weight excluding hydrogens is 182 g/mol. The number of aromatic nitrogens is 3. The van der Waals surface area contributed by atoms with Crippen LogP contribution < -0.4 is 11.1 Å². The fourth-order valence-electron chi connectivity index (χ4n) is 0.984. The maximum Gasteiger partial charge on any atom is 0.317 e. The molecule has 0 spiro atoms. The molecular formula is C8H9N5O. The molecule has 0 saturated heterocycles. The highest BCUT2D eigenvalue weighted by molar-refractivity contribution is 5.25. The van der Waals surface area contributed by atoms with Gasteiger partial charge in [-0.05, 0) is 17.7 Å². The minimum atomic E-state index is 0.0576. The van der Waals surface area contributed by atoms with E-state index < -0.39 is 0 Å². The molecule has 72 valence electrons. The van der Waals surface area contributed by atoms with Gasteiger partial charge in [0.1, 0.15) is 0 Å². The first-order valence-electron chi connectivity index (χ1n) is 4.06. The second-order valence-corrected chi connectivity index (χ2v) is 2.65. The smallest absolute Gasteiger partial charge is 0.317 e.